The number of phenols is 2. The number of allylic oxidation sites excluding steroid dienone is 1. The molecule has 3 aromatic rings. The molecule has 3 atom stereocenters. The minimum Gasteiger partial charge on any atom is -0.508 e. The van der Waals surface area contributed by atoms with Crippen molar-refractivity contribution >= 4 is 11.1 Å². The van der Waals surface area contributed by atoms with Crippen molar-refractivity contribution in [3.63, 3.8) is 0 Å². The Bertz CT molecular complexity index is 1320. The zero-order chi connectivity index (χ0) is 27.0. The zero-order valence-electron chi connectivity index (χ0n) is 21.2. The van der Waals surface area contributed by atoms with Gasteiger partial charge in [-0.3, -0.25) is 4.90 Å². The number of hydrogen-bond donors (Lipinski definition) is 2. The summed E-state index contributed by atoms with van der Waals surface area (Å²) in [5, 5.41) is 19.7. The fourth-order valence-corrected chi connectivity index (χ4v) is 5.19. The van der Waals surface area contributed by atoms with Gasteiger partial charge in [0.25, 0.3) is 0 Å². The van der Waals surface area contributed by atoms with E-state index in [9.17, 15) is 23.4 Å². The molecule has 2 aliphatic heterocycles. The van der Waals surface area contributed by atoms with Crippen LogP contribution in [-0.2, 0) is 0 Å². The van der Waals surface area contributed by atoms with Crippen LogP contribution in [0.3, 0.4) is 0 Å². The number of fused-ring (bicyclic) bond motifs is 1. The van der Waals surface area contributed by atoms with Crippen LogP contribution in [0.2, 0.25) is 0 Å². The van der Waals surface area contributed by atoms with Crippen LogP contribution in [0.25, 0.3) is 11.1 Å². The molecule has 2 aliphatic rings. The lowest BCUT2D eigenvalue weighted by Gasteiger charge is -2.33. The molecule has 5 nitrogen and oxygen atoms in total. The van der Waals surface area contributed by atoms with E-state index in [1.54, 1.807) is 24.3 Å². The molecule has 0 bridgehead atoms. The van der Waals surface area contributed by atoms with Crippen molar-refractivity contribution < 1.29 is 32.9 Å². The van der Waals surface area contributed by atoms with Gasteiger partial charge in [0.05, 0.1) is 5.57 Å². The van der Waals surface area contributed by atoms with Gasteiger partial charge < -0.3 is 19.7 Å². The van der Waals surface area contributed by atoms with E-state index in [1.807, 2.05) is 0 Å². The third kappa shape index (κ3) is 5.31. The van der Waals surface area contributed by atoms with Crippen LogP contribution < -0.4 is 9.47 Å². The SMILES string of the molecule is CC(COc1ccc(C2Oc3ccc(O)cc3C(C(F)(F)F)=C2c2ccc(O)cc2)cc1)N1CC[C@@H](C)C1. The Morgan fingerprint density at radius 3 is 2.32 bits per heavy atom. The molecule has 0 aromatic heterocycles. The first-order chi connectivity index (χ1) is 18.1. The average Bonchev–Trinajstić information content (AvgIpc) is 3.33. The molecule has 0 saturated carbocycles. The number of benzene rings is 3. The van der Waals surface area contributed by atoms with Crippen molar-refractivity contribution in [2.24, 2.45) is 5.92 Å². The molecule has 2 heterocycles. The number of hydrogen-bond acceptors (Lipinski definition) is 5. The highest BCUT2D eigenvalue weighted by Gasteiger charge is 2.44. The molecule has 2 N–H and O–H groups in total. The number of rotatable bonds is 6. The average molecular weight is 526 g/mol. The second-order valence-corrected chi connectivity index (χ2v) is 10.1. The molecule has 3 aromatic carbocycles. The van der Waals surface area contributed by atoms with Crippen molar-refractivity contribution in [3.05, 3.63) is 83.4 Å². The van der Waals surface area contributed by atoms with Crippen LogP contribution in [0.15, 0.2) is 66.7 Å². The van der Waals surface area contributed by atoms with Crippen LogP contribution in [0.5, 0.6) is 23.0 Å². The van der Waals surface area contributed by atoms with E-state index >= 15 is 0 Å². The van der Waals surface area contributed by atoms with Crippen LogP contribution in [0, 0.1) is 5.92 Å². The van der Waals surface area contributed by atoms with E-state index in [2.05, 4.69) is 18.7 Å². The monoisotopic (exact) mass is 525 g/mol. The summed E-state index contributed by atoms with van der Waals surface area (Å²) in [6.45, 7) is 6.99. The maximum atomic E-state index is 14.6. The summed E-state index contributed by atoms with van der Waals surface area (Å²) in [7, 11) is 0. The van der Waals surface area contributed by atoms with Crippen molar-refractivity contribution in [3.8, 4) is 23.0 Å². The largest absolute Gasteiger partial charge is 0.508 e. The van der Waals surface area contributed by atoms with Crippen molar-refractivity contribution in [2.75, 3.05) is 19.7 Å². The summed E-state index contributed by atoms with van der Waals surface area (Å²) in [6.07, 6.45) is -4.63. The van der Waals surface area contributed by atoms with Gasteiger partial charge in [-0.1, -0.05) is 31.2 Å². The predicted molar refractivity (Wildman–Crippen MR) is 139 cm³/mol. The van der Waals surface area contributed by atoms with Crippen LogP contribution in [-0.4, -0.2) is 47.0 Å². The summed E-state index contributed by atoms with van der Waals surface area (Å²) in [5.41, 5.74) is -0.451. The van der Waals surface area contributed by atoms with Gasteiger partial charge in [-0.05, 0) is 79.4 Å². The lowest BCUT2D eigenvalue weighted by molar-refractivity contribution is -0.0695. The fraction of sp³-hybridized carbons (Fsp3) is 0.333. The van der Waals surface area contributed by atoms with E-state index in [-0.39, 0.29) is 40.0 Å². The number of halogens is 3. The fourth-order valence-electron chi connectivity index (χ4n) is 5.19. The highest BCUT2D eigenvalue weighted by Crippen LogP contribution is 2.53. The van der Waals surface area contributed by atoms with E-state index in [0.717, 1.165) is 19.2 Å². The lowest BCUT2D eigenvalue weighted by atomic mass is 9.85. The Morgan fingerprint density at radius 2 is 1.68 bits per heavy atom. The van der Waals surface area contributed by atoms with Gasteiger partial charge in [0.15, 0.2) is 6.10 Å². The molecular formula is C30H30F3NO4. The normalized spacial score (nSPS) is 20.7. The topological polar surface area (TPSA) is 62.2 Å². The molecule has 1 saturated heterocycles. The predicted octanol–water partition coefficient (Wildman–Crippen LogP) is 6.81. The Balaban J connectivity index is 1.49. The van der Waals surface area contributed by atoms with Gasteiger partial charge in [0.2, 0.25) is 0 Å². The Labute approximate surface area is 219 Å². The van der Waals surface area contributed by atoms with E-state index < -0.39 is 17.9 Å². The Morgan fingerprint density at radius 1 is 1.00 bits per heavy atom. The standard InChI is InChI=1S/C30H30F3NO4/c1-18-13-14-34(16-18)19(2)17-37-24-10-5-21(6-11-24)29-27(20-3-7-22(35)8-4-20)28(30(31,32)33)25-15-23(36)9-12-26(25)38-29/h3-12,15,18-19,29,35-36H,13-14,16-17H2,1-2H3/t18-,19?,29?/m1/s1. The Kier molecular flexibility index (Phi) is 7.01. The second kappa shape index (κ2) is 10.3. The smallest absolute Gasteiger partial charge is 0.417 e. The van der Waals surface area contributed by atoms with Gasteiger partial charge >= 0.3 is 6.18 Å². The second-order valence-electron chi connectivity index (χ2n) is 10.1. The first-order valence-corrected chi connectivity index (χ1v) is 12.7. The number of alkyl halides is 3. The van der Waals surface area contributed by atoms with E-state index in [0.29, 0.717) is 23.8 Å². The van der Waals surface area contributed by atoms with Crippen LogP contribution in [0.1, 0.15) is 43.1 Å². The third-order valence-electron chi connectivity index (χ3n) is 7.22. The van der Waals surface area contributed by atoms with E-state index in [4.69, 9.17) is 9.47 Å². The van der Waals surface area contributed by atoms with Crippen molar-refractivity contribution in [2.45, 2.75) is 38.6 Å². The minimum atomic E-state index is -4.73. The molecule has 5 rings (SSSR count). The molecular weight excluding hydrogens is 495 g/mol. The van der Waals surface area contributed by atoms with Crippen molar-refractivity contribution in [1.29, 1.82) is 0 Å². The highest BCUT2D eigenvalue weighted by molar-refractivity contribution is 5.98. The van der Waals surface area contributed by atoms with Crippen LogP contribution >= 0.6 is 0 Å². The molecule has 8 heteroatoms. The molecule has 1 fully saturated rings. The quantitative estimate of drug-likeness (QED) is 0.370. The molecule has 38 heavy (non-hydrogen) atoms. The van der Waals surface area contributed by atoms with E-state index in [1.165, 1.54) is 42.8 Å². The molecule has 200 valence electrons. The van der Waals surface area contributed by atoms with Gasteiger partial charge in [0, 0.05) is 23.7 Å². The van der Waals surface area contributed by atoms with Crippen molar-refractivity contribution in [1.82, 2.24) is 4.90 Å². The van der Waals surface area contributed by atoms with Gasteiger partial charge in [-0.25, -0.2) is 0 Å². The number of aromatic hydroxyl groups is 2. The summed E-state index contributed by atoms with van der Waals surface area (Å²) < 4.78 is 55.9. The summed E-state index contributed by atoms with van der Waals surface area (Å²) in [5.74, 6) is 0.973. The summed E-state index contributed by atoms with van der Waals surface area (Å²) in [4.78, 5) is 2.40. The van der Waals surface area contributed by atoms with Gasteiger partial charge in [-0.15, -0.1) is 0 Å². The number of ether oxygens (including phenoxy) is 2. The first-order valence-electron chi connectivity index (χ1n) is 12.7. The number of likely N-dealkylation sites (tertiary alicyclic amines) is 1. The summed E-state index contributed by atoms with van der Waals surface area (Å²) >= 11 is 0. The minimum absolute atomic E-state index is 0.0247. The molecule has 2 unspecified atom stereocenters. The molecule has 0 amide bonds. The lowest BCUT2D eigenvalue weighted by Crippen LogP contribution is -2.35. The number of nitrogens with zero attached hydrogens (tertiary/aromatic N) is 1. The first kappa shape index (κ1) is 26.0. The van der Waals surface area contributed by atoms with Gasteiger partial charge in [-0.2, -0.15) is 13.2 Å². The highest BCUT2D eigenvalue weighted by atomic mass is 19.4. The zero-order valence-corrected chi connectivity index (χ0v) is 21.2. The maximum Gasteiger partial charge on any atom is 0.417 e. The maximum absolute atomic E-state index is 14.6. The third-order valence-corrected chi connectivity index (χ3v) is 7.22. The Hall–Kier alpha value is -3.65. The molecule has 0 aliphatic carbocycles. The van der Waals surface area contributed by atoms with Gasteiger partial charge in [0.1, 0.15) is 29.6 Å². The molecule has 0 radical (unpaired) electrons. The summed E-state index contributed by atoms with van der Waals surface area (Å²) in [6, 6.07) is 16.4. The number of phenolic OH excluding ortho intramolecular Hbond substituents is 2. The van der Waals surface area contributed by atoms with Crippen LogP contribution in [0.4, 0.5) is 13.2 Å². The molecule has 0 spiro atoms.